The Morgan fingerprint density at radius 2 is 1.77 bits per heavy atom. The van der Waals surface area contributed by atoms with Gasteiger partial charge in [-0.05, 0) is 36.4 Å². The first-order valence-corrected chi connectivity index (χ1v) is 10.2. The fraction of sp³-hybridized carbons (Fsp3) is 0.143. The molecule has 0 unspecified atom stereocenters. The van der Waals surface area contributed by atoms with E-state index in [1.54, 1.807) is 29.1 Å². The molecule has 10 heteroatoms. The van der Waals surface area contributed by atoms with E-state index in [2.05, 4.69) is 34.3 Å². The van der Waals surface area contributed by atoms with Crippen LogP contribution in [0.3, 0.4) is 0 Å². The van der Waals surface area contributed by atoms with E-state index >= 15 is 0 Å². The number of primary amides is 1. The number of carbonyl (C=O) groups is 1. The first-order valence-electron chi connectivity index (χ1n) is 9.46. The number of hydrogen-bond acceptors (Lipinski definition) is 5. The van der Waals surface area contributed by atoms with Crippen molar-refractivity contribution in [1.82, 2.24) is 24.5 Å². The van der Waals surface area contributed by atoms with Gasteiger partial charge in [-0.2, -0.15) is 10.2 Å². The van der Waals surface area contributed by atoms with Crippen LogP contribution in [-0.4, -0.2) is 30.5 Å². The predicted molar refractivity (Wildman–Crippen MR) is 121 cm³/mol. The van der Waals surface area contributed by atoms with Gasteiger partial charge in [0.1, 0.15) is 17.8 Å². The van der Waals surface area contributed by atoms with E-state index in [4.69, 9.17) is 28.9 Å². The number of halogens is 2. The standard InChI is InChI=1S/C21H19Cl2N7O/c1-12(2)21-25-11-26-30(21)14-8-6-13(7-9-14)27-17-10-29(28-18(17)20(24)31)19-15(22)4-3-5-16(19)23/h3-12,27H,1-2H3,(H2,24,31). The lowest BCUT2D eigenvalue weighted by Crippen LogP contribution is -2.14. The molecule has 0 aliphatic carbocycles. The SMILES string of the molecule is CC(C)c1ncnn1-c1ccc(Nc2cn(-c3c(Cl)cccc3Cl)nc2C(N)=O)cc1. The Kier molecular flexibility index (Phi) is 5.67. The van der Waals surface area contributed by atoms with Crippen molar-refractivity contribution >= 4 is 40.5 Å². The molecule has 4 aromatic rings. The van der Waals surface area contributed by atoms with Crippen molar-refractivity contribution < 1.29 is 4.79 Å². The first-order chi connectivity index (χ1) is 14.8. The van der Waals surface area contributed by atoms with Crippen LogP contribution in [0.1, 0.15) is 36.1 Å². The van der Waals surface area contributed by atoms with Crippen molar-refractivity contribution in [3.05, 3.63) is 76.6 Å². The third-order valence-corrected chi connectivity index (χ3v) is 5.21. The van der Waals surface area contributed by atoms with Gasteiger partial charge in [-0.1, -0.05) is 43.1 Å². The van der Waals surface area contributed by atoms with E-state index in [1.165, 1.54) is 11.0 Å². The predicted octanol–water partition coefficient (Wildman–Crippen LogP) is 4.73. The fourth-order valence-corrected chi connectivity index (χ4v) is 3.72. The number of nitrogens with one attached hydrogen (secondary N) is 1. The minimum atomic E-state index is -0.676. The van der Waals surface area contributed by atoms with E-state index in [9.17, 15) is 4.79 Å². The number of carbonyl (C=O) groups excluding carboxylic acids is 1. The maximum absolute atomic E-state index is 12.0. The highest BCUT2D eigenvalue weighted by atomic mass is 35.5. The summed E-state index contributed by atoms with van der Waals surface area (Å²) in [6.45, 7) is 4.12. The molecular formula is C21H19Cl2N7O. The molecule has 0 aliphatic rings. The monoisotopic (exact) mass is 455 g/mol. The number of anilines is 2. The summed E-state index contributed by atoms with van der Waals surface area (Å²) in [5.41, 5.74) is 8.10. The lowest BCUT2D eigenvalue weighted by molar-refractivity contribution is 0.0996. The molecule has 31 heavy (non-hydrogen) atoms. The minimum absolute atomic E-state index is 0.0680. The zero-order chi connectivity index (χ0) is 22.1. The quantitative estimate of drug-likeness (QED) is 0.437. The number of amides is 1. The third kappa shape index (κ3) is 4.12. The van der Waals surface area contributed by atoms with Crippen LogP contribution < -0.4 is 11.1 Å². The molecule has 0 spiro atoms. The highest BCUT2D eigenvalue weighted by molar-refractivity contribution is 6.37. The third-order valence-electron chi connectivity index (χ3n) is 4.60. The second kappa shape index (κ2) is 8.41. The first kappa shape index (κ1) is 20.9. The van der Waals surface area contributed by atoms with Gasteiger partial charge in [-0.25, -0.2) is 14.3 Å². The molecule has 0 saturated heterocycles. The number of aromatic nitrogens is 5. The lowest BCUT2D eigenvalue weighted by Gasteiger charge is -2.10. The molecule has 0 bridgehead atoms. The highest BCUT2D eigenvalue weighted by Crippen LogP contribution is 2.30. The van der Waals surface area contributed by atoms with Crippen LogP contribution in [0.4, 0.5) is 11.4 Å². The zero-order valence-electron chi connectivity index (χ0n) is 16.8. The summed E-state index contributed by atoms with van der Waals surface area (Å²) in [6.07, 6.45) is 3.16. The number of para-hydroxylation sites is 1. The summed E-state index contributed by atoms with van der Waals surface area (Å²) < 4.78 is 3.23. The fourth-order valence-electron chi connectivity index (χ4n) is 3.15. The van der Waals surface area contributed by atoms with E-state index < -0.39 is 5.91 Å². The Morgan fingerprint density at radius 3 is 2.39 bits per heavy atom. The van der Waals surface area contributed by atoms with Gasteiger partial charge in [0, 0.05) is 11.6 Å². The van der Waals surface area contributed by atoms with Crippen LogP contribution in [-0.2, 0) is 0 Å². The Hall–Kier alpha value is -3.36. The molecular weight excluding hydrogens is 437 g/mol. The van der Waals surface area contributed by atoms with Crippen LogP contribution in [0.15, 0.2) is 55.0 Å². The van der Waals surface area contributed by atoms with E-state index in [0.717, 1.165) is 17.2 Å². The minimum Gasteiger partial charge on any atom is -0.364 e. The number of nitrogens with two attached hydrogens (primary N) is 1. The second-order valence-corrected chi connectivity index (χ2v) is 7.94. The van der Waals surface area contributed by atoms with Gasteiger partial charge in [0.05, 0.1) is 27.6 Å². The van der Waals surface area contributed by atoms with Crippen molar-refractivity contribution in [1.29, 1.82) is 0 Å². The van der Waals surface area contributed by atoms with Crippen molar-refractivity contribution in [2.45, 2.75) is 19.8 Å². The van der Waals surface area contributed by atoms with Gasteiger partial charge < -0.3 is 11.1 Å². The number of benzene rings is 2. The van der Waals surface area contributed by atoms with Gasteiger partial charge in [-0.3, -0.25) is 4.79 Å². The number of nitrogens with zero attached hydrogens (tertiary/aromatic N) is 5. The summed E-state index contributed by atoms with van der Waals surface area (Å²) in [7, 11) is 0. The summed E-state index contributed by atoms with van der Waals surface area (Å²) in [4.78, 5) is 16.3. The Bertz CT molecular complexity index is 1220. The maximum Gasteiger partial charge on any atom is 0.271 e. The second-order valence-electron chi connectivity index (χ2n) is 7.13. The molecule has 1 amide bonds. The topological polar surface area (TPSA) is 104 Å². The normalized spacial score (nSPS) is 11.1. The zero-order valence-corrected chi connectivity index (χ0v) is 18.3. The Balaban J connectivity index is 1.66. The van der Waals surface area contributed by atoms with Crippen molar-refractivity contribution in [2.75, 3.05) is 5.32 Å². The molecule has 158 valence electrons. The van der Waals surface area contributed by atoms with Gasteiger partial charge >= 0.3 is 0 Å². The molecule has 4 rings (SSSR count). The average molecular weight is 456 g/mol. The van der Waals surface area contributed by atoms with E-state index in [-0.39, 0.29) is 11.6 Å². The molecule has 0 aliphatic heterocycles. The largest absolute Gasteiger partial charge is 0.364 e. The van der Waals surface area contributed by atoms with Gasteiger partial charge in [0.2, 0.25) is 0 Å². The van der Waals surface area contributed by atoms with Gasteiger partial charge in [-0.15, -0.1) is 0 Å². The van der Waals surface area contributed by atoms with Crippen LogP contribution in [0.2, 0.25) is 10.0 Å². The molecule has 3 N–H and O–H groups in total. The summed E-state index contributed by atoms with van der Waals surface area (Å²) in [5.74, 6) is 0.431. The van der Waals surface area contributed by atoms with E-state index in [1.807, 2.05) is 24.3 Å². The van der Waals surface area contributed by atoms with Crippen LogP contribution in [0.25, 0.3) is 11.4 Å². The number of rotatable bonds is 6. The maximum atomic E-state index is 12.0. The molecule has 0 fully saturated rings. The highest BCUT2D eigenvalue weighted by Gasteiger charge is 2.18. The van der Waals surface area contributed by atoms with Crippen molar-refractivity contribution in [2.24, 2.45) is 5.73 Å². The molecule has 0 saturated carbocycles. The molecule has 2 aromatic carbocycles. The van der Waals surface area contributed by atoms with Gasteiger partial charge in [0.25, 0.3) is 5.91 Å². The number of hydrogen-bond donors (Lipinski definition) is 2. The average Bonchev–Trinajstić information content (AvgIpc) is 3.36. The molecule has 0 radical (unpaired) electrons. The smallest absolute Gasteiger partial charge is 0.271 e. The summed E-state index contributed by atoms with van der Waals surface area (Å²) >= 11 is 12.5. The molecule has 2 heterocycles. The summed E-state index contributed by atoms with van der Waals surface area (Å²) in [6, 6.07) is 12.7. The van der Waals surface area contributed by atoms with Gasteiger partial charge in [0.15, 0.2) is 5.69 Å². The molecule has 0 atom stereocenters. The van der Waals surface area contributed by atoms with E-state index in [0.29, 0.717) is 21.4 Å². The molecule has 8 nitrogen and oxygen atoms in total. The van der Waals surface area contributed by atoms with Crippen LogP contribution in [0.5, 0.6) is 0 Å². The van der Waals surface area contributed by atoms with Crippen LogP contribution in [0, 0.1) is 0 Å². The Morgan fingerprint density at radius 1 is 1.10 bits per heavy atom. The van der Waals surface area contributed by atoms with Crippen molar-refractivity contribution in [3.63, 3.8) is 0 Å². The summed E-state index contributed by atoms with van der Waals surface area (Å²) in [5, 5.41) is 12.5. The lowest BCUT2D eigenvalue weighted by atomic mass is 10.2. The van der Waals surface area contributed by atoms with Crippen LogP contribution >= 0.6 is 23.2 Å². The Labute approximate surface area is 188 Å². The molecule has 2 aromatic heterocycles. The van der Waals surface area contributed by atoms with Crippen molar-refractivity contribution in [3.8, 4) is 11.4 Å².